The lowest BCUT2D eigenvalue weighted by atomic mass is 10.6. The summed E-state index contributed by atoms with van der Waals surface area (Å²) in [6, 6.07) is 0. The highest BCUT2D eigenvalue weighted by Crippen LogP contribution is 2.11. The summed E-state index contributed by atoms with van der Waals surface area (Å²) in [6.45, 7) is 2.00. The van der Waals surface area contributed by atoms with Gasteiger partial charge in [-0.3, -0.25) is 0 Å². The van der Waals surface area contributed by atoms with Gasteiger partial charge in [0.1, 0.15) is 13.1 Å². The van der Waals surface area contributed by atoms with Gasteiger partial charge in [0.15, 0.2) is 6.16 Å². The van der Waals surface area contributed by atoms with Crippen LogP contribution in [0.1, 0.15) is 6.42 Å². The molecule has 0 amide bonds. The van der Waals surface area contributed by atoms with Crippen molar-refractivity contribution >= 4 is 21.1 Å². The number of rotatable bonds is 3. The van der Waals surface area contributed by atoms with Crippen molar-refractivity contribution in [2.45, 2.75) is 6.42 Å². The zero-order chi connectivity index (χ0) is 7.70. The maximum absolute atomic E-state index is 9.75. The number of hydrogen-bond acceptors (Lipinski definition) is 3. The van der Waals surface area contributed by atoms with Gasteiger partial charge in [-0.15, -0.1) is 0 Å². The smallest absolute Gasteiger partial charge is 0.307 e. The normalized spacial score (nSPS) is 8.78. The highest BCUT2D eigenvalue weighted by molar-refractivity contribution is 7.38. The minimum Gasteiger partial charge on any atom is -0.307 e. The van der Waals surface area contributed by atoms with Gasteiger partial charge in [-0.2, -0.15) is 4.89 Å². The lowest BCUT2D eigenvalue weighted by Crippen LogP contribution is -1.76. The lowest BCUT2D eigenvalue weighted by Gasteiger charge is -1.66. The average molecular weight is 151 g/mol. The maximum Gasteiger partial charge on any atom is 0.505 e. The third-order valence-corrected chi connectivity index (χ3v) is 1.08. The summed E-state index contributed by atoms with van der Waals surface area (Å²) in [4.78, 5) is 25.5. The molecule has 0 aromatic rings. The molecule has 0 rings (SSSR count). The zero-order valence-electron chi connectivity index (χ0n) is 4.82. The fourth-order valence-electron chi connectivity index (χ4n) is 0.163. The van der Waals surface area contributed by atoms with Crippen molar-refractivity contribution in [2.75, 3.05) is 6.16 Å². The Hall–Kier alpha value is -0.600. The molecule has 0 heterocycles. The number of carbonyl (C=O) groups excluding carboxylic acids is 2. The first kappa shape index (κ1) is 11.2. The van der Waals surface area contributed by atoms with E-state index in [4.69, 9.17) is 9.69 Å². The number of aldehydes is 1. The Balaban J connectivity index is 0. The van der Waals surface area contributed by atoms with E-state index in [0.717, 1.165) is 0 Å². The Morgan fingerprint density at radius 3 is 2.11 bits per heavy atom. The fraction of sp³-hybridized carbons (Fsp3) is 0.500. The van der Waals surface area contributed by atoms with Crippen LogP contribution in [-0.2, 0) is 14.2 Å². The third-order valence-electron chi connectivity index (χ3n) is 0.438. The molecule has 9 heavy (non-hydrogen) atoms. The molecule has 0 aromatic carbocycles. The molecule has 0 aliphatic rings. The van der Waals surface area contributed by atoms with Crippen molar-refractivity contribution in [3.8, 4) is 0 Å². The van der Waals surface area contributed by atoms with Crippen LogP contribution in [0, 0.1) is 0 Å². The van der Waals surface area contributed by atoms with Crippen molar-refractivity contribution in [1.29, 1.82) is 0 Å². The number of hydrogen-bond donors (Lipinski definition) is 1. The topological polar surface area (TPSA) is 71.4 Å². The summed E-state index contributed by atoms with van der Waals surface area (Å²) in [5, 5.41) is 0. The van der Waals surface area contributed by atoms with Gasteiger partial charge in [0, 0.05) is 0 Å². The van der Waals surface area contributed by atoms with Gasteiger partial charge >= 0.3 is 8.03 Å². The molecule has 0 aliphatic heterocycles. The van der Waals surface area contributed by atoms with Crippen LogP contribution in [-0.4, -0.2) is 24.1 Å². The van der Waals surface area contributed by atoms with E-state index in [1.165, 1.54) is 0 Å². The molecule has 1 atom stereocenters. The molecule has 0 bridgehead atoms. The summed E-state index contributed by atoms with van der Waals surface area (Å²) >= 11 is 0. The summed E-state index contributed by atoms with van der Waals surface area (Å²) in [6.07, 6.45) is 0.911. The van der Waals surface area contributed by atoms with E-state index in [1.807, 2.05) is 6.79 Å². The summed E-state index contributed by atoms with van der Waals surface area (Å²) in [5.74, 6) is 0. The molecule has 0 saturated heterocycles. The maximum atomic E-state index is 9.75. The Labute approximate surface area is 53.7 Å². The molecule has 0 fully saturated rings. The van der Waals surface area contributed by atoms with Gasteiger partial charge in [-0.1, -0.05) is 0 Å². The second-order valence-corrected chi connectivity index (χ2v) is 2.18. The second kappa shape index (κ2) is 10.4. The minimum absolute atomic E-state index is 0.0961. The molecular weight excluding hydrogens is 143 g/mol. The van der Waals surface area contributed by atoms with Gasteiger partial charge in [0.2, 0.25) is 0 Å². The average Bonchev–Trinajstić information content (AvgIpc) is 1.88. The molecule has 0 radical (unpaired) electrons. The van der Waals surface area contributed by atoms with Crippen LogP contribution in [0.3, 0.4) is 0 Å². The van der Waals surface area contributed by atoms with Crippen molar-refractivity contribution in [2.24, 2.45) is 0 Å². The Morgan fingerprint density at radius 1 is 1.56 bits per heavy atom. The minimum atomic E-state index is -2.09. The first-order valence-corrected chi connectivity index (χ1v) is 3.53. The molecular formula is C4H8O4P+. The van der Waals surface area contributed by atoms with E-state index in [2.05, 4.69) is 0 Å². The fourth-order valence-corrected chi connectivity index (χ4v) is 0.489. The van der Waals surface area contributed by atoms with Crippen molar-refractivity contribution < 1.29 is 19.0 Å². The van der Waals surface area contributed by atoms with E-state index in [0.29, 0.717) is 6.29 Å². The van der Waals surface area contributed by atoms with E-state index >= 15 is 0 Å². The summed E-state index contributed by atoms with van der Waals surface area (Å²) < 4.78 is 9.75. The Bertz CT molecular complexity index is 92.6. The van der Waals surface area contributed by atoms with Gasteiger partial charge in [-0.05, 0) is 4.57 Å². The first-order valence-electron chi connectivity index (χ1n) is 2.13. The van der Waals surface area contributed by atoms with Crippen molar-refractivity contribution in [1.82, 2.24) is 0 Å². The van der Waals surface area contributed by atoms with Crippen LogP contribution < -0.4 is 0 Å². The van der Waals surface area contributed by atoms with E-state index in [1.54, 1.807) is 0 Å². The van der Waals surface area contributed by atoms with Crippen LogP contribution in [0.4, 0.5) is 0 Å². The highest BCUT2D eigenvalue weighted by atomic mass is 31.1. The second-order valence-electron chi connectivity index (χ2n) is 1.03. The molecule has 1 unspecified atom stereocenters. The SMILES string of the molecule is C=O.O=CCC[P+](=O)O. The molecule has 0 saturated carbocycles. The van der Waals surface area contributed by atoms with Gasteiger partial charge in [0.05, 0.1) is 6.42 Å². The quantitative estimate of drug-likeness (QED) is 0.459. The third kappa shape index (κ3) is 18.7. The number of carbonyl (C=O) groups is 2. The Morgan fingerprint density at radius 2 is 2.00 bits per heavy atom. The standard InChI is InChI=1S/C3H5O3P.CH2O/c4-2-1-3-7(5)6;1-2/h2H,1,3H2;1H2/p+1. The van der Waals surface area contributed by atoms with E-state index in [9.17, 15) is 9.36 Å². The molecule has 52 valence electrons. The van der Waals surface area contributed by atoms with Gasteiger partial charge in [0.25, 0.3) is 0 Å². The lowest BCUT2D eigenvalue weighted by molar-refractivity contribution is -0.107. The van der Waals surface area contributed by atoms with Crippen molar-refractivity contribution in [3.05, 3.63) is 0 Å². The summed E-state index contributed by atoms with van der Waals surface area (Å²) in [7, 11) is -2.09. The predicted octanol–water partition coefficient (Wildman–Crippen LogP) is 0.125. The zero-order valence-corrected chi connectivity index (χ0v) is 5.71. The monoisotopic (exact) mass is 151 g/mol. The Kier molecular flexibility index (Phi) is 13.0. The molecule has 0 aliphatic carbocycles. The molecule has 4 nitrogen and oxygen atoms in total. The summed E-state index contributed by atoms with van der Waals surface area (Å²) in [5.41, 5.74) is 0. The van der Waals surface area contributed by atoms with Gasteiger partial charge < -0.3 is 9.59 Å². The van der Waals surface area contributed by atoms with E-state index < -0.39 is 8.03 Å². The molecule has 1 N–H and O–H groups in total. The largest absolute Gasteiger partial charge is 0.505 e. The van der Waals surface area contributed by atoms with E-state index in [-0.39, 0.29) is 12.6 Å². The van der Waals surface area contributed by atoms with Crippen LogP contribution >= 0.6 is 8.03 Å². The van der Waals surface area contributed by atoms with Crippen LogP contribution in [0.5, 0.6) is 0 Å². The van der Waals surface area contributed by atoms with Crippen molar-refractivity contribution in [3.63, 3.8) is 0 Å². The van der Waals surface area contributed by atoms with Gasteiger partial charge in [-0.25, -0.2) is 0 Å². The first-order chi connectivity index (χ1) is 4.27. The van der Waals surface area contributed by atoms with Crippen LogP contribution in [0.25, 0.3) is 0 Å². The van der Waals surface area contributed by atoms with Crippen LogP contribution in [0.15, 0.2) is 0 Å². The predicted molar refractivity (Wildman–Crippen MR) is 32.5 cm³/mol. The molecule has 5 heteroatoms. The van der Waals surface area contributed by atoms with Crippen LogP contribution in [0.2, 0.25) is 0 Å². The molecule has 0 aromatic heterocycles. The molecule has 0 spiro atoms. The highest BCUT2D eigenvalue weighted by Gasteiger charge is 2.06.